The van der Waals surface area contributed by atoms with Crippen LogP contribution in [0.1, 0.15) is 10.4 Å². The molecule has 36 heavy (non-hydrogen) atoms. The average Bonchev–Trinajstić information content (AvgIpc) is 3.52. The van der Waals surface area contributed by atoms with Gasteiger partial charge in [-0.1, -0.05) is 71.9 Å². The zero-order valence-electron chi connectivity index (χ0n) is 18.8. The maximum Gasteiger partial charge on any atom is 0.236 e. The first-order valence-electron chi connectivity index (χ1n) is 10.9. The molecule has 0 saturated heterocycles. The predicted molar refractivity (Wildman–Crippen MR) is 142 cm³/mol. The van der Waals surface area contributed by atoms with E-state index in [9.17, 15) is 9.18 Å². The summed E-state index contributed by atoms with van der Waals surface area (Å²) in [6, 6.07) is 23.3. The molecule has 0 spiro atoms. The van der Waals surface area contributed by atoms with E-state index in [2.05, 4.69) is 20.5 Å². The molecule has 2 heterocycles. The molecule has 0 bridgehead atoms. The number of thioether (sulfide) groups is 1. The molecule has 0 unspecified atom stereocenters. The minimum absolute atomic E-state index is 0.105. The number of halogens is 2. The molecule has 0 fully saturated rings. The van der Waals surface area contributed by atoms with Gasteiger partial charge in [-0.15, -0.1) is 21.5 Å². The second-order valence-corrected chi connectivity index (χ2v) is 10.2. The number of benzene rings is 3. The number of carbonyl (C=O) groups is 1. The van der Waals surface area contributed by atoms with Gasteiger partial charge in [0.2, 0.25) is 5.91 Å². The number of aromatic nitrogens is 4. The van der Waals surface area contributed by atoms with Crippen LogP contribution in [0, 0.1) is 5.82 Å². The van der Waals surface area contributed by atoms with E-state index in [1.54, 1.807) is 18.3 Å². The summed E-state index contributed by atoms with van der Waals surface area (Å²) >= 11 is 8.90. The van der Waals surface area contributed by atoms with Crippen molar-refractivity contribution in [2.75, 3.05) is 11.1 Å². The lowest BCUT2D eigenvalue weighted by Gasteiger charge is -2.10. The van der Waals surface area contributed by atoms with Gasteiger partial charge in [-0.2, -0.15) is 0 Å². The zero-order chi connectivity index (χ0) is 24.9. The summed E-state index contributed by atoms with van der Waals surface area (Å²) in [5, 5.41) is 13.2. The second kappa shape index (κ2) is 11.0. The summed E-state index contributed by atoms with van der Waals surface area (Å²) in [6.07, 6.45) is 2.39. The van der Waals surface area contributed by atoms with Crippen LogP contribution in [0.25, 0.3) is 17.1 Å². The number of anilines is 1. The van der Waals surface area contributed by atoms with E-state index in [1.165, 1.54) is 35.2 Å². The first kappa shape index (κ1) is 24.2. The maximum atomic E-state index is 13.5. The van der Waals surface area contributed by atoms with Crippen molar-refractivity contribution < 1.29 is 9.18 Å². The largest absolute Gasteiger partial charge is 0.301 e. The van der Waals surface area contributed by atoms with E-state index in [0.717, 1.165) is 16.0 Å². The van der Waals surface area contributed by atoms with Crippen molar-refractivity contribution in [3.05, 3.63) is 106 Å². The van der Waals surface area contributed by atoms with Crippen LogP contribution >= 0.6 is 34.7 Å². The zero-order valence-corrected chi connectivity index (χ0v) is 21.2. The highest BCUT2D eigenvalue weighted by Crippen LogP contribution is 2.29. The SMILES string of the molecule is O=C(CSc1nnc(-c2ccccc2)n1-c1ccc(F)cc1)Nc1ncc(Cc2ccccc2Cl)s1. The van der Waals surface area contributed by atoms with Crippen molar-refractivity contribution in [2.45, 2.75) is 11.6 Å². The number of rotatable bonds is 8. The molecule has 6 nitrogen and oxygen atoms in total. The molecule has 1 amide bonds. The summed E-state index contributed by atoms with van der Waals surface area (Å²) in [4.78, 5) is 18.0. The molecule has 0 aliphatic heterocycles. The fourth-order valence-corrected chi connectivity index (χ4v) is 5.33. The second-order valence-electron chi connectivity index (χ2n) is 7.72. The van der Waals surface area contributed by atoms with E-state index < -0.39 is 0 Å². The van der Waals surface area contributed by atoms with Gasteiger partial charge in [-0.3, -0.25) is 9.36 Å². The highest BCUT2D eigenvalue weighted by atomic mass is 35.5. The molecular formula is C26H19ClFN5OS2. The van der Waals surface area contributed by atoms with Gasteiger partial charge in [-0.05, 0) is 35.9 Å². The van der Waals surface area contributed by atoms with Crippen LogP contribution in [0.5, 0.6) is 0 Å². The van der Waals surface area contributed by atoms with Crippen molar-refractivity contribution in [2.24, 2.45) is 0 Å². The van der Waals surface area contributed by atoms with Gasteiger partial charge in [0.15, 0.2) is 16.1 Å². The number of hydrogen-bond donors (Lipinski definition) is 1. The van der Waals surface area contributed by atoms with Gasteiger partial charge in [0.25, 0.3) is 0 Å². The van der Waals surface area contributed by atoms with Crippen molar-refractivity contribution in [3.8, 4) is 17.1 Å². The lowest BCUT2D eigenvalue weighted by atomic mass is 10.1. The van der Waals surface area contributed by atoms with Crippen molar-refractivity contribution in [1.82, 2.24) is 19.7 Å². The van der Waals surface area contributed by atoms with E-state index in [1.807, 2.05) is 59.2 Å². The molecule has 2 aromatic heterocycles. The Morgan fingerprint density at radius 1 is 1.00 bits per heavy atom. The van der Waals surface area contributed by atoms with Gasteiger partial charge >= 0.3 is 0 Å². The third-order valence-corrected chi connectivity index (χ3v) is 7.42. The third-order valence-electron chi connectivity index (χ3n) is 5.20. The lowest BCUT2D eigenvalue weighted by molar-refractivity contribution is -0.113. The Labute approximate surface area is 220 Å². The molecule has 5 aromatic rings. The van der Waals surface area contributed by atoms with Crippen LogP contribution in [-0.2, 0) is 11.2 Å². The summed E-state index contributed by atoms with van der Waals surface area (Å²) in [6.45, 7) is 0. The quantitative estimate of drug-likeness (QED) is 0.229. The Hall–Kier alpha value is -3.53. The van der Waals surface area contributed by atoms with E-state index in [0.29, 0.717) is 33.2 Å². The minimum atomic E-state index is -0.334. The Kier molecular flexibility index (Phi) is 7.41. The highest BCUT2D eigenvalue weighted by Gasteiger charge is 2.18. The summed E-state index contributed by atoms with van der Waals surface area (Å²) < 4.78 is 15.4. The summed E-state index contributed by atoms with van der Waals surface area (Å²) in [7, 11) is 0. The Bertz CT molecular complexity index is 1490. The Morgan fingerprint density at radius 2 is 1.75 bits per heavy atom. The van der Waals surface area contributed by atoms with E-state index in [-0.39, 0.29) is 17.5 Å². The van der Waals surface area contributed by atoms with Crippen molar-refractivity contribution in [3.63, 3.8) is 0 Å². The lowest BCUT2D eigenvalue weighted by Crippen LogP contribution is -2.14. The average molecular weight is 536 g/mol. The number of nitrogens with one attached hydrogen (secondary N) is 1. The maximum absolute atomic E-state index is 13.5. The first-order chi connectivity index (χ1) is 17.6. The number of nitrogens with zero attached hydrogens (tertiary/aromatic N) is 4. The fraction of sp³-hybridized carbons (Fsp3) is 0.0769. The summed E-state index contributed by atoms with van der Waals surface area (Å²) in [5.41, 5.74) is 2.57. The molecule has 0 aliphatic carbocycles. The Morgan fingerprint density at radius 3 is 2.53 bits per heavy atom. The van der Waals surface area contributed by atoms with E-state index >= 15 is 0 Å². The summed E-state index contributed by atoms with van der Waals surface area (Å²) in [5.74, 6) is 0.162. The first-order valence-corrected chi connectivity index (χ1v) is 13.1. The van der Waals surface area contributed by atoms with Crippen LogP contribution in [0.15, 0.2) is 90.2 Å². The predicted octanol–water partition coefficient (Wildman–Crippen LogP) is 6.50. The minimum Gasteiger partial charge on any atom is -0.301 e. The molecule has 1 N–H and O–H groups in total. The molecule has 3 aromatic carbocycles. The number of thiazole rings is 1. The third kappa shape index (κ3) is 5.64. The van der Waals surface area contributed by atoms with Crippen LogP contribution in [0.2, 0.25) is 5.02 Å². The topological polar surface area (TPSA) is 72.7 Å². The Balaban J connectivity index is 1.29. The molecule has 10 heteroatoms. The van der Waals surface area contributed by atoms with Gasteiger partial charge in [0.05, 0.1) is 5.75 Å². The van der Waals surface area contributed by atoms with Crippen LogP contribution in [0.3, 0.4) is 0 Å². The number of amides is 1. The van der Waals surface area contributed by atoms with Crippen LogP contribution in [0.4, 0.5) is 9.52 Å². The van der Waals surface area contributed by atoms with Crippen LogP contribution in [-0.4, -0.2) is 31.4 Å². The van der Waals surface area contributed by atoms with Gasteiger partial charge in [-0.25, -0.2) is 9.37 Å². The van der Waals surface area contributed by atoms with Gasteiger partial charge < -0.3 is 5.32 Å². The number of carbonyl (C=O) groups excluding carboxylic acids is 1. The molecule has 180 valence electrons. The molecule has 0 atom stereocenters. The standard InChI is InChI=1S/C26H19ClFN5OS2/c27-22-9-5-4-8-18(22)14-21-15-29-25(36-21)30-23(34)16-35-26-32-31-24(17-6-2-1-3-7-17)33(26)20-12-10-19(28)11-13-20/h1-13,15H,14,16H2,(H,29,30,34). The number of hydrogen-bond acceptors (Lipinski definition) is 6. The highest BCUT2D eigenvalue weighted by molar-refractivity contribution is 7.99. The normalized spacial score (nSPS) is 10.9. The molecule has 0 aliphatic rings. The smallest absolute Gasteiger partial charge is 0.236 e. The van der Waals surface area contributed by atoms with Crippen molar-refractivity contribution >= 4 is 45.7 Å². The molecular weight excluding hydrogens is 517 g/mol. The van der Waals surface area contributed by atoms with Gasteiger partial charge in [0.1, 0.15) is 5.82 Å². The molecule has 0 saturated carbocycles. The van der Waals surface area contributed by atoms with Crippen molar-refractivity contribution in [1.29, 1.82) is 0 Å². The molecule has 0 radical (unpaired) electrons. The van der Waals surface area contributed by atoms with Crippen LogP contribution < -0.4 is 5.32 Å². The molecule has 5 rings (SSSR count). The van der Waals surface area contributed by atoms with E-state index in [4.69, 9.17) is 11.6 Å². The van der Waals surface area contributed by atoms with Gasteiger partial charge in [0, 0.05) is 33.8 Å². The monoisotopic (exact) mass is 535 g/mol. The fourth-order valence-electron chi connectivity index (χ4n) is 3.52.